The average molecular weight is 172 g/mol. The summed E-state index contributed by atoms with van der Waals surface area (Å²) in [5.74, 6) is 0.648. The van der Waals surface area contributed by atoms with E-state index in [0.717, 1.165) is 13.0 Å². The molecule has 4 heteroatoms. The Labute approximate surface area is 72.5 Å². The highest BCUT2D eigenvalue weighted by molar-refractivity contribution is 5.71. The molecule has 3 N–H and O–H groups in total. The molecule has 2 amide bonds. The number of carbonyl (C=O) groups excluding carboxylic acids is 1. The summed E-state index contributed by atoms with van der Waals surface area (Å²) in [5.41, 5.74) is 4.93. The second-order valence-electron chi connectivity index (χ2n) is 3.38. The van der Waals surface area contributed by atoms with Crippen LogP contribution < -0.4 is 11.1 Å². The summed E-state index contributed by atoms with van der Waals surface area (Å²) in [7, 11) is 0. The highest BCUT2D eigenvalue weighted by Gasteiger charge is 2.18. The highest BCUT2D eigenvalue weighted by atomic mass is 16.5. The van der Waals surface area contributed by atoms with Crippen molar-refractivity contribution in [2.24, 2.45) is 11.7 Å². The van der Waals surface area contributed by atoms with E-state index in [-0.39, 0.29) is 6.10 Å². The monoisotopic (exact) mass is 172 g/mol. The van der Waals surface area contributed by atoms with Gasteiger partial charge in [-0.25, -0.2) is 4.79 Å². The Kier molecular flexibility index (Phi) is 3.34. The molecule has 1 fully saturated rings. The van der Waals surface area contributed by atoms with Gasteiger partial charge in [-0.3, -0.25) is 0 Å². The largest absolute Gasteiger partial charge is 0.376 e. The zero-order valence-corrected chi connectivity index (χ0v) is 7.38. The Morgan fingerprint density at radius 2 is 2.42 bits per heavy atom. The zero-order valence-electron chi connectivity index (χ0n) is 7.38. The van der Waals surface area contributed by atoms with E-state index in [1.54, 1.807) is 0 Å². The first-order chi connectivity index (χ1) is 5.68. The van der Waals surface area contributed by atoms with E-state index in [1.165, 1.54) is 6.42 Å². The molecule has 1 heterocycles. The predicted molar refractivity (Wildman–Crippen MR) is 45.7 cm³/mol. The van der Waals surface area contributed by atoms with Crippen LogP contribution in [0.4, 0.5) is 4.79 Å². The highest BCUT2D eigenvalue weighted by Crippen LogP contribution is 2.17. The number of carbonyl (C=O) groups is 1. The van der Waals surface area contributed by atoms with Gasteiger partial charge in [0.05, 0.1) is 6.10 Å². The third kappa shape index (κ3) is 3.09. The number of hydrogen-bond donors (Lipinski definition) is 2. The molecule has 2 unspecified atom stereocenters. The lowest BCUT2D eigenvalue weighted by molar-refractivity contribution is -0.00817. The van der Waals surface area contributed by atoms with Gasteiger partial charge in [-0.05, 0) is 18.8 Å². The summed E-state index contributed by atoms with van der Waals surface area (Å²) < 4.78 is 5.47. The summed E-state index contributed by atoms with van der Waals surface area (Å²) in [6.07, 6.45) is 2.35. The number of ether oxygens (including phenoxy) is 1. The molecule has 0 spiro atoms. The maximum absolute atomic E-state index is 10.4. The summed E-state index contributed by atoms with van der Waals surface area (Å²) in [5, 5.41) is 2.54. The molecule has 1 aliphatic heterocycles. The molecule has 0 bridgehead atoms. The van der Waals surface area contributed by atoms with E-state index in [9.17, 15) is 4.79 Å². The molecule has 1 saturated heterocycles. The molecule has 0 radical (unpaired) electrons. The zero-order chi connectivity index (χ0) is 8.97. The lowest BCUT2D eigenvalue weighted by atomic mass is 10.0. The van der Waals surface area contributed by atoms with Gasteiger partial charge in [0.2, 0.25) is 0 Å². The minimum absolute atomic E-state index is 0.161. The number of primary amides is 1. The summed E-state index contributed by atoms with van der Waals surface area (Å²) in [4.78, 5) is 10.4. The smallest absolute Gasteiger partial charge is 0.312 e. The fourth-order valence-electron chi connectivity index (χ4n) is 1.31. The van der Waals surface area contributed by atoms with Crippen LogP contribution in [0.3, 0.4) is 0 Å². The average Bonchev–Trinajstić information content (AvgIpc) is 2.03. The van der Waals surface area contributed by atoms with Crippen molar-refractivity contribution in [1.82, 2.24) is 5.32 Å². The molecule has 0 aliphatic carbocycles. The van der Waals surface area contributed by atoms with E-state index in [2.05, 4.69) is 12.2 Å². The maximum atomic E-state index is 10.4. The minimum atomic E-state index is -0.475. The molecule has 1 rings (SSSR count). The molecule has 2 atom stereocenters. The van der Waals surface area contributed by atoms with Crippen LogP contribution in [0.5, 0.6) is 0 Å². The first-order valence-electron chi connectivity index (χ1n) is 4.33. The van der Waals surface area contributed by atoms with Crippen LogP contribution in [-0.2, 0) is 4.74 Å². The fraction of sp³-hybridized carbons (Fsp3) is 0.875. The van der Waals surface area contributed by atoms with Crippen LogP contribution in [0.2, 0.25) is 0 Å². The molecule has 0 saturated carbocycles. The van der Waals surface area contributed by atoms with Crippen LogP contribution in [0.15, 0.2) is 0 Å². The first kappa shape index (κ1) is 9.32. The lowest BCUT2D eigenvalue weighted by Gasteiger charge is -2.26. The molecule has 0 aromatic rings. The van der Waals surface area contributed by atoms with E-state index in [0.29, 0.717) is 12.5 Å². The van der Waals surface area contributed by atoms with Gasteiger partial charge in [-0.2, -0.15) is 0 Å². The third-order valence-electron chi connectivity index (χ3n) is 2.10. The number of nitrogens with two attached hydrogens (primary N) is 1. The Morgan fingerprint density at radius 1 is 1.67 bits per heavy atom. The van der Waals surface area contributed by atoms with Crippen LogP contribution in [0.1, 0.15) is 19.8 Å². The molecule has 0 aromatic heterocycles. The maximum Gasteiger partial charge on any atom is 0.312 e. The van der Waals surface area contributed by atoms with E-state index >= 15 is 0 Å². The minimum Gasteiger partial charge on any atom is -0.376 e. The SMILES string of the molecule is CC1CCC(CNC(N)=O)OC1. The van der Waals surface area contributed by atoms with Gasteiger partial charge >= 0.3 is 6.03 Å². The number of amides is 2. The van der Waals surface area contributed by atoms with Gasteiger partial charge in [0.15, 0.2) is 0 Å². The van der Waals surface area contributed by atoms with Crippen LogP contribution in [0, 0.1) is 5.92 Å². The molecule has 1 aliphatic rings. The van der Waals surface area contributed by atoms with Crippen LogP contribution in [0.25, 0.3) is 0 Å². The lowest BCUT2D eigenvalue weighted by Crippen LogP contribution is -2.39. The molecular weight excluding hydrogens is 156 g/mol. The summed E-state index contributed by atoms with van der Waals surface area (Å²) >= 11 is 0. The number of urea groups is 1. The van der Waals surface area contributed by atoms with Crippen molar-refractivity contribution in [2.45, 2.75) is 25.9 Å². The summed E-state index contributed by atoms with van der Waals surface area (Å²) in [6.45, 7) is 3.50. The fourth-order valence-corrected chi connectivity index (χ4v) is 1.31. The van der Waals surface area contributed by atoms with Gasteiger partial charge in [-0.15, -0.1) is 0 Å². The second kappa shape index (κ2) is 4.30. The Hall–Kier alpha value is -0.770. The van der Waals surface area contributed by atoms with Gasteiger partial charge in [0, 0.05) is 13.2 Å². The first-order valence-corrected chi connectivity index (χ1v) is 4.33. The quantitative estimate of drug-likeness (QED) is 0.636. The number of nitrogens with one attached hydrogen (secondary N) is 1. The van der Waals surface area contributed by atoms with Crippen molar-refractivity contribution >= 4 is 6.03 Å². The van der Waals surface area contributed by atoms with E-state index in [1.807, 2.05) is 0 Å². The van der Waals surface area contributed by atoms with Crippen molar-refractivity contribution in [1.29, 1.82) is 0 Å². The standard InChI is InChI=1S/C8H16N2O2/c1-6-2-3-7(12-5-6)4-10-8(9)11/h6-7H,2-5H2,1H3,(H3,9,10,11). The van der Waals surface area contributed by atoms with Gasteiger partial charge in [0.25, 0.3) is 0 Å². The molecule has 4 nitrogen and oxygen atoms in total. The third-order valence-corrected chi connectivity index (χ3v) is 2.10. The van der Waals surface area contributed by atoms with Gasteiger partial charge < -0.3 is 15.8 Å². The predicted octanol–water partition coefficient (Wildman–Crippen LogP) is 0.470. The van der Waals surface area contributed by atoms with Crippen molar-refractivity contribution in [2.75, 3.05) is 13.2 Å². The molecule has 0 aromatic carbocycles. The Morgan fingerprint density at radius 3 is 2.92 bits per heavy atom. The topological polar surface area (TPSA) is 64.3 Å². The van der Waals surface area contributed by atoms with E-state index < -0.39 is 6.03 Å². The Balaban J connectivity index is 2.13. The Bertz CT molecular complexity index is 153. The summed E-state index contributed by atoms with van der Waals surface area (Å²) in [6, 6.07) is -0.475. The van der Waals surface area contributed by atoms with Gasteiger partial charge in [0.1, 0.15) is 0 Å². The van der Waals surface area contributed by atoms with Crippen molar-refractivity contribution in [3.63, 3.8) is 0 Å². The normalized spacial score (nSPS) is 29.8. The molecular formula is C8H16N2O2. The van der Waals surface area contributed by atoms with E-state index in [4.69, 9.17) is 10.5 Å². The van der Waals surface area contributed by atoms with Crippen molar-refractivity contribution < 1.29 is 9.53 Å². The van der Waals surface area contributed by atoms with Crippen LogP contribution >= 0.6 is 0 Å². The number of rotatable bonds is 2. The molecule has 12 heavy (non-hydrogen) atoms. The molecule has 70 valence electrons. The van der Waals surface area contributed by atoms with Crippen molar-refractivity contribution in [3.05, 3.63) is 0 Å². The van der Waals surface area contributed by atoms with Crippen molar-refractivity contribution in [3.8, 4) is 0 Å². The second-order valence-corrected chi connectivity index (χ2v) is 3.38. The van der Waals surface area contributed by atoms with Crippen LogP contribution in [-0.4, -0.2) is 25.3 Å². The number of hydrogen-bond acceptors (Lipinski definition) is 2. The van der Waals surface area contributed by atoms with Gasteiger partial charge in [-0.1, -0.05) is 6.92 Å².